The first-order valence-electron chi connectivity index (χ1n) is 8.53. The molecule has 0 saturated heterocycles. The van der Waals surface area contributed by atoms with Gasteiger partial charge in [-0.15, -0.1) is 11.3 Å². The summed E-state index contributed by atoms with van der Waals surface area (Å²) in [6.07, 6.45) is 1.37. The summed E-state index contributed by atoms with van der Waals surface area (Å²) in [6.45, 7) is 3.50. The highest BCUT2D eigenvalue weighted by molar-refractivity contribution is 7.19. The second-order valence-electron chi connectivity index (χ2n) is 5.73. The molecule has 0 aliphatic rings. The van der Waals surface area contributed by atoms with E-state index in [1.165, 1.54) is 12.3 Å². The molecule has 0 unspecified atom stereocenters. The van der Waals surface area contributed by atoms with Crippen molar-refractivity contribution in [3.05, 3.63) is 70.5 Å². The third-order valence-corrected chi connectivity index (χ3v) is 5.04. The summed E-state index contributed by atoms with van der Waals surface area (Å²) in [4.78, 5) is 37.8. The summed E-state index contributed by atoms with van der Waals surface area (Å²) < 4.78 is 10.2. The van der Waals surface area contributed by atoms with Crippen molar-refractivity contribution in [2.24, 2.45) is 0 Å². The second kappa shape index (κ2) is 8.53. The number of ether oxygens (including phenoxy) is 1. The van der Waals surface area contributed by atoms with Gasteiger partial charge < -0.3 is 19.8 Å². The zero-order chi connectivity index (χ0) is 20.1. The number of esters is 1. The molecule has 0 atom stereocenters. The molecule has 144 valence electrons. The minimum absolute atomic E-state index is 0.0937. The quantitative estimate of drug-likeness (QED) is 0.602. The molecule has 0 radical (unpaired) electrons. The number of hydrogen-bond acceptors (Lipinski definition) is 6. The number of benzene rings is 1. The number of para-hydroxylation sites is 1. The SMILES string of the molecule is CCOC(=O)c1c(NC(=O)c2ccco2)sc(C(=O)Nc2ccccc2)c1C. The van der Waals surface area contributed by atoms with Crippen LogP contribution in [0.3, 0.4) is 0 Å². The number of furan rings is 1. The number of amides is 2. The Morgan fingerprint density at radius 1 is 1.04 bits per heavy atom. The fourth-order valence-corrected chi connectivity index (χ4v) is 3.63. The van der Waals surface area contributed by atoms with Crippen molar-refractivity contribution in [1.82, 2.24) is 0 Å². The molecule has 2 aromatic heterocycles. The highest BCUT2D eigenvalue weighted by Crippen LogP contribution is 2.34. The van der Waals surface area contributed by atoms with Gasteiger partial charge >= 0.3 is 5.97 Å². The molecule has 0 saturated carbocycles. The van der Waals surface area contributed by atoms with Crippen LogP contribution in [-0.2, 0) is 4.74 Å². The van der Waals surface area contributed by atoms with Crippen molar-refractivity contribution in [2.75, 3.05) is 17.2 Å². The van der Waals surface area contributed by atoms with Crippen LogP contribution < -0.4 is 10.6 Å². The molecule has 0 aliphatic heterocycles. The molecule has 2 amide bonds. The van der Waals surface area contributed by atoms with Crippen LogP contribution in [0.2, 0.25) is 0 Å². The minimum Gasteiger partial charge on any atom is -0.462 e. The summed E-state index contributed by atoms with van der Waals surface area (Å²) in [5, 5.41) is 5.65. The number of anilines is 2. The molecular weight excluding hydrogens is 380 g/mol. The lowest BCUT2D eigenvalue weighted by Gasteiger charge is -2.06. The van der Waals surface area contributed by atoms with Crippen LogP contribution in [0.5, 0.6) is 0 Å². The van der Waals surface area contributed by atoms with Gasteiger partial charge in [-0.1, -0.05) is 18.2 Å². The summed E-state index contributed by atoms with van der Waals surface area (Å²) in [5.41, 5.74) is 1.22. The van der Waals surface area contributed by atoms with E-state index >= 15 is 0 Å². The molecule has 7 nitrogen and oxygen atoms in total. The summed E-state index contributed by atoms with van der Waals surface area (Å²) >= 11 is 1.01. The first-order chi connectivity index (χ1) is 13.5. The van der Waals surface area contributed by atoms with Gasteiger partial charge in [0.05, 0.1) is 23.3 Å². The van der Waals surface area contributed by atoms with Crippen LogP contribution in [-0.4, -0.2) is 24.4 Å². The molecule has 1 aromatic carbocycles. The monoisotopic (exact) mass is 398 g/mol. The van der Waals surface area contributed by atoms with Gasteiger partial charge in [-0.25, -0.2) is 4.79 Å². The highest BCUT2D eigenvalue weighted by Gasteiger charge is 2.27. The van der Waals surface area contributed by atoms with E-state index in [0.29, 0.717) is 16.1 Å². The maximum Gasteiger partial charge on any atom is 0.341 e. The number of nitrogens with one attached hydrogen (secondary N) is 2. The maximum absolute atomic E-state index is 12.7. The first-order valence-corrected chi connectivity index (χ1v) is 9.34. The molecule has 0 bridgehead atoms. The zero-order valence-corrected chi connectivity index (χ0v) is 16.1. The maximum atomic E-state index is 12.7. The Morgan fingerprint density at radius 3 is 2.43 bits per heavy atom. The van der Waals surface area contributed by atoms with E-state index < -0.39 is 11.9 Å². The Kier molecular flexibility index (Phi) is 5.90. The van der Waals surface area contributed by atoms with Crippen molar-refractivity contribution in [3.63, 3.8) is 0 Å². The number of carbonyl (C=O) groups excluding carboxylic acids is 3. The molecule has 0 spiro atoms. The van der Waals surface area contributed by atoms with Crippen LogP contribution in [0.25, 0.3) is 0 Å². The molecule has 8 heteroatoms. The predicted octanol–water partition coefficient (Wildman–Crippen LogP) is 4.33. The van der Waals surface area contributed by atoms with Gasteiger partial charge in [0.2, 0.25) is 0 Å². The van der Waals surface area contributed by atoms with Gasteiger partial charge in [0.1, 0.15) is 5.00 Å². The van der Waals surface area contributed by atoms with E-state index in [1.807, 2.05) is 6.07 Å². The van der Waals surface area contributed by atoms with E-state index in [2.05, 4.69) is 10.6 Å². The van der Waals surface area contributed by atoms with E-state index in [-0.39, 0.29) is 28.8 Å². The van der Waals surface area contributed by atoms with E-state index in [0.717, 1.165) is 11.3 Å². The summed E-state index contributed by atoms with van der Waals surface area (Å²) in [5.74, 6) is -1.41. The first kappa shape index (κ1) is 19.4. The average molecular weight is 398 g/mol. The van der Waals surface area contributed by atoms with Crippen LogP contribution in [0.1, 0.15) is 43.1 Å². The normalized spacial score (nSPS) is 10.4. The Labute approximate surface area is 165 Å². The fourth-order valence-electron chi connectivity index (χ4n) is 2.55. The van der Waals surface area contributed by atoms with Crippen LogP contribution in [0.15, 0.2) is 53.1 Å². The van der Waals surface area contributed by atoms with Crippen molar-refractivity contribution >= 4 is 39.8 Å². The van der Waals surface area contributed by atoms with Crippen molar-refractivity contribution in [1.29, 1.82) is 0 Å². The number of thiophene rings is 1. The van der Waals surface area contributed by atoms with Crippen molar-refractivity contribution in [3.8, 4) is 0 Å². The van der Waals surface area contributed by atoms with Gasteiger partial charge in [0.25, 0.3) is 11.8 Å². The minimum atomic E-state index is -0.607. The summed E-state index contributed by atoms with van der Waals surface area (Å²) in [6, 6.07) is 12.0. The Hall–Kier alpha value is -3.39. The average Bonchev–Trinajstić information content (AvgIpc) is 3.31. The van der Waals surface area contributed by atoms with Gasteiger partial charge in [-0.2, -0.15) is 0 Å². The Bertz CT molecular complexity index is 993. The van der Waals surface area contributed by atoms with Crippen LogP contribution >= 0.6 is 11.3 Å². The molecule has 0 fully saturated rings. The molecule has 2 N–H and O–H groups in total. The lowest BCUT2D eigenvalue weighted by Crippen LogP contribution is -2.14. The second-order valence-corrected chi connectivity index (χ2v) is 6.75. The van der Waals surface area contributed by atoms with Gasteiger partial charge in [-0.05, 0) is 43.7 Å². The van der Waals surface area contributed by atoms with E-state index in [4.69, 9.17) is 9.15 Å². The highest BCUT2D eigenvalue weighted by atomic mass is 32.1. The fraction of sp³-hybridized carbons (Fsp3) is 0.150. The molecule has 3 aromatic rings. The number of carbonyl (C=O) groups is 3. The van der Waals surface area contributed by atoms with Gasteiger partial charge in [-0.3, -0.25) is 9.59 Å². The Balaban J connectivity index is 1.93. The standard InChI is InChI=1S/C20H18N2O5S/c1-3-26-20(25)15-12(2)16(18(24)21-13-8-5-4-6-9-13)28-19(15)22-17(23)14-10-7-11-27-14/h4-11H,3H2,1-2H3,(H,21,24)(H,22,23). The van der Waals surface area contributed by atoms with Crippen LogP contribution in [0, 0.1) is 6.92 Å². The molecule has 2 heterocycles. The van der Waals surface area contributed by atoms with Crippen molar-refractivity contribution in [2.45, 2.75) is 13.8 Å². The van der Waals surface area contributed by atoms with Gasteiger partial charge in [0.15, 0.2) is 5.76 Å². The largest absolute Gasteiger partial charge is 0.462 e. The third kappa shape index (κ3) is 4.12. The smallest absolute Gasteiger partial charge is 0.341 e. The number of hydrogen-bond donors (Lipinski definition) is 2. The van der Waals surface area contributed by atoms with E-state index in [9.17, 15) is 14.4 Å². The molecular formula is C20H18N2O5S. The molecule has 0 aliphatic carbocycles. The van der Waals surface area contributed by atoms with Gasteiger partial charge in [0, 0.05) is 5.69 Å². The lowest BCUT2D eigenvalue weighted by molar-refractivity contribution is 0.0527. The Morgan fingerprint density at radius 2 is 1.79 bits per heavy atom. The van der Waals surface area contributed by atoms with Crippen molar-refractivity contribution < 1.29 is 23.5 Å². The molecule has 28 heavy (non-hydrogen) atoms. The predicted molar refractivity (Wildman–Crippen MR) is 106 cm³/mol. The summed E-state index contributed by atoms with van der Waals surface area (Å²) in [7, 11) is 0. The topological polar surface area (TPSA) is 97.6 Å². The number of rotatable bonds is 6. The third-order valence-electron chi connectivity index (χ3n) is 3.84. The molecule has 3 rings (SSSR count). The lowest BCUT2D eigenvalue weighted by atomic mass is 10.1. The van der Waals surface area contributed by atoms with Crippen LogP contribution in [0.4, 0.5) is 10.7 Å². The zero-order valence-electron chi connectivity index (χ0n) is 15.3. The van der Waals surface area contributed by atoms with E-state index in [1.54, 1.807) is 44.2 Å².